The molecule has 2 aromatic rings. The fraction of sp³-hybridized carbons (Fsp3) is 0.263. The fourth-order valence-electron chi connectivity index (χ4n) is 2.93. The molecule has 1 aliphatic heterocycles. The molecule has 23 heavy (non-hydrogen) atoms. The number of alkyl halides is 3. The highest BCUT2D eigenvalue weighted by Gasteiger charge is 2.32. The molecule has 0 N–H and O–H groups in total. The van der Waals surface area contributed by atoms with Crippen LogP contribution in [0.1, 0.15) is 23.6 Å². The van der Waals surface area contributed by atoms with Gasteiger partial charge in [-0.25, -0.2) is 0 Å². The molecule has 1 atom stereocenters. The molecule has 1 heterocycles. The quantitative estimate of drug-likeness (QED) is 0.700. The third-order valence-corrected chi connectivity index (χ3v) is 4.05. The van der Waals surface area contributed by atoms with E-state index in [9.17, 15) is 13.2 Å². The molecule has 1 aliphatic rings. The molecular formula is C19H16F3N. The molecule has 0 saturated heterocycles. The Labute approximate surface area is 133 Å². The van der Waals surface area contributed by atoms with E-state index in [1.807, 2.05) is 18.2 Å². The Morgan fingerprint density at radius 1 is 1.09 bits per heavy atom. The number of hydrogen-bond acceptors (Lipinski definition) is 1. The number of benzene rings is 2. The number of fused-ring (bicyclic) bond motifs is 1. The summed E-state index contributed by atoms with van der Waals surface area (Å²) in [5.74, 6) is 5.59. The van der Waals surface area contributed by atoms with Gasteiger partial charge < -0.3 is 4.90 Å². The Balaban J connectivity index is 1.82. The van der Waals surface area contributed by atoms with Crippen LogP contribution in [-0.2, 0) is 12.6 Å². The Morgan fingerprint density at radius 3 is 2.57 bits per heavy atom. The minimum atomic E-state index is -4.38. The lowest BCUT2D eigenvalue weighted by molar-refractivity contribution is -0.137. The molecule has 0 bridgehead atoms. The highest BCUT2D eigenvalue weighted by molar-refractivity contribution is 5.60. The largest absolute Gasteiger partial charge is 0.417 e. The van der Waals surface area contributed by atoms with Gasteiger partial charge in [-0.05, 0) is 37.1 Å². The van der Waals surface area contributed by atoms with E-state index in [-0.39, 0.29) is 5.56 Å². The van der Waals surface area contributed by atoms with E-state index < -0.39 is 11.7 Å². The third-order valence-electron chi connectivity index (χ3n) is 4.05. The van der Waals surface area contributed by atoms with Crippen LogP contribution in [0.25, 0.3) is 0 Å². The molecular weight excluding hydrogens is 299 g/mol. The first-order chi connectivity index (χ1) is 11.0. The minimum absolute atomic E-state index is 0.0279. The van der Waals surface area contributed by atoms with Gasteiger partial charge in [-0.1, -0.05) is 42.2 Å². The van der Waals surface area contributed by atoms with Gasteiger partial charge in [-0.3, -0.25) is 0 Å². The van der Waals surface area contributed by atoms with Crippen molar-refractivity contribution in [1.82, 2.24) is 0 Å². The Kier molecular flexibility index (Phi) is 4.04. The summed E-state index contributed by atoms with van der Waals surface area (Å²) in [5.41, 5.74) is 1.73. The third kappa shape index (κ3) is 3.19. The number of halogens is 3. The second kappa shape index (κ2) is 6.00. The van der Waals surface area contributed by atoms with Crippen LogP contribution in [-0.4, -0.2) is 12.6 Å². The van der Waals surface area contributed by atoms with Crippen LogP contribution < -0.4 is 4.90 Å². The van der Waals surface area contributed by atoms with Crippen molar-refractivity contribution in [2.24, 2.45) is 0 Å². The highest BCUT2D eigenvalue weighted by Crippen LogP contribution is 2.32. The lowest BCUT2D eigenvalue weighted by Gasteiger charge is -2.21. The summed E-state index contributed by atoms with van der Waals surface area (Å²) in [6.07, 6.45) is -3.43. The Morgan fingerprint density at radius 2 is 1.78 bits per heavy atom. The highest BCUT2D eigenvalue weighted by atomic mass is 19.4. The van der Waals surface area contributed by atoms with Gasteiger partial charge in [0.2, 0.25) is 0 Å². The molecule has 0 radical (unpaired) electrons. The van der Waals surface area contributed by atoms with Gasteiger partial charge in [0.05, 0.1) is 12.1 Å². The lowest BCUT2D eigenvalue weighted by Crippen LogP contribution is -2.29. The van der Waals surface area contributed by atoms with E-state index in [2.05, 4.69) is 29.7 Å². The van der Waals surface area contributed by atoms with Gasteiger partial charge in [0, 0.05) is 17.3 Å². The smallest absolute Gasteiger partial charge is 0.357 e. The number of nitrogens with zero attached hydrogens (tertiary/aromatic N) is 1. The minimum Gasteiger partial charge on any atom is -0.357 e. The number of rotatable bonds is 1. The second-order valence-electron chi connectivity index (χ2n) is 5.65. The molecule has 1 nitrogen and oxygen atoms in total. The average Bonchev–Trinajstić information content (AvgIpc) is 2.83. The second-order valence-corrected chi connectivity index (χ2v) is 5.65. The maximum Gasteiger partial charge on any atom is 0.417 e. The van der Waals surface area contributed by atoms with E-state index in [0.717, 1.165) is 18.2 Å². The van der Waals surface area contributed by atoms with Gasteiger partial charge in [-0.2, -0.15) is 13.2 Å². The van der Waals surface area contributed by atoms with Gasteiger partial charge in [0.1, 0.15) is 0 Å². The van der Waals surface area contributed by atoms with Crippen molar-refractivity contribution >= 4 is 5.69 Å². The lowest BCUT2D eigenvalue weighted by atomic mass is 10.1. The van der Waals surface area contributed by atoms with Crippen molar-refractivity contribution in [3.8, 4) is 11.8 Å². The molecule has 4 heteroatoms. The summed E-state index contributed by atoms with van der Waals surface area (Å²) in [6.45, 7) is 2.52. The van der Waals surface area contributed by atoms with E-state index >= 15 is 0 Å². The van der Waals surface area contributed by atoms with Crippen molar-refractivity contribution in [3.05, 3.63) is 65.2 Å². The average molecular weight is 315 g/mol. The van der Waals surface area contributed by atoms with Crippen LogP contribution in [0.2, 0.25) is 0 Å². The van der Waals surface area contributed by atoms with Crippen molar-refractivity contribution in [1.29, 1.82) is 0 Å². The molecule has 0 saturated carbocycles. The molecule has 1 unspecified atom stereocenters. The van der Waals surface area contributed by atoms with E-state index in [1.54, 1.807) is 6.07 Å². The van der Waals surface area contributed by atoms with Crippen LogP contribution in [0, 0.1) is 11.8 Å². The topological polar surface area (TPSA) is 3.24 Å². The van der Waals surface area contributed by atoms with Gasteiger partial charge in [0.15, 0.2) is 0 Å². The van der Waals surface area contributed by atoms with Crippen molar-refractivity contribution in [2.45, 2.75) is 25.6 Å². The first-order valence-electron chi connectivity index (χ1n) is 7.46. The molecule has 0 spiro atoms. The van der Waals surface area contributed by atoms with E-state index in [0.29, 0.717) is 12.6 Å². The van der Waals surface area contributed by atoms with Crippen LogP contribution in [0.15, 0.2) is 48.5 Å². The summed E-state index contributed by atoms with van der Waals surface area (Å²) < 4.78 is 38.9. The Bertz CT molecular complexity index is 768. The molecule has 0 aliphatic carbocycles. The first kappa shape index (κ1) is 15.5. The van der Waals surface area contributed by atoms with E-state index in [4.69, 9.17) is 0 Å². The number of hydrogen-bond donors (Lipinski definition) is 0. The predicted octanol–water partition coefficient (Wildman–Crippen LogP) is 4.51. The maximum absolute atomic E-state index is 13.0. The van der Waals surface area contributed by atoms with Crippen LogP contribution in [0.4, 0.5) is 18.9 Å². The van der Waals surface area contributed by atoms with Gasteiger partial charge in [-0.15, -0.1) is 0 Å². The molecule has 3 rings (SSSR count). The molecule has 2 aromatic carbocycles. The summed E-state index contributed by atoms with van der Waals surface area (Å²) in [5, 5.41) is 0. The summed E-state index contributed by atoms with van der Waals surface area (Å²) in [6, 6.07) is 13.8. The summed E-state index contributed by atoms with van der Waals surface area (Å²) >= 11 is 0. The summed E-state index contributed by atoms with van der Waals surface area (Å²) in [4.78, 5) is 2.14. The number of para-hydroxylation sites is 1. The maximum atomic E-state index is 13.0. The molecule has 0 aromatic heterocycles. The van der Waals surface area contributed by atoms with Gasteiger partial charge in [0.25, 0.3) is 0 Å². The fourth-order valence-corrected chi connectivity index (χ4v) is 2.93. The van der Waals surface area contributed by atoms with E-state index in [1.165, 1.54) is 17.7 Å². The van der Waals surface area contributed by atoms with Gasteiger partial charge >= 0.3 is 6.18 Å². The monoisotopic (exact) mass is 315 g/mol. The van der Waals surface area contributed by atoms with Crippen LogP contribution in [0.5, 0.6) is 0 Å². The van der Waals surface area contributed by atoms with Crippen molar-refractivity contribution in [2.75, 3.05) is 11.4 Å². The van der Waals surface area contributed by atoms with Crippen molar-refractivity contribution in [3.63, 3.8) is 0 Å². The van der Waals surface area contributed by atoms with Crippen molar-refractivity contribution < 1.29 is 13.2 Å². The normalized spacial score (nSPS) is 16.7. The number of anilines is 1. The van der Waals surface area contributed by atoms with Crippen LogP contribution in [0.3, 0.4) is 0 Å². The first-order valence-corrected chi connectivity index (χ1v) is 7.46. The zero-order chi connectivity index (χ0) is 16.4. The molecule has 118 valence electrons. The zero-order valence-electron chi connectivity index (χ0n) is 12.7. The molecule has 0 amide bonds. The predicted molar refractivity (Wildman–Crippen MR) is 85.3 cm³/mol. The summed E-state index contributed by atoms with van der Waals surface area (Å²) in [7, 11) is 0. The van der Waals surface area contributed by atoms with Crippen LogP contribution >= 0.6 is 0 Å². The zero-order valence-corrected chi connectivity index (χ0v) is 12.7. The standard InChI is InChI=1S/C19H16F3N/c1-14-13-16-8-3-5-11-18(16)23(14)12-6-9-15-7-2-4-10-17(15)19(20,21)22/h2-5,7-8,10-11,14H,12-13H2,1H3. The Hall–Kier alpha value is -2.41. The SMILES string of the molecule is CC1Cc2ccccc2N1CC#Cc1ccccc1C(F)(F)F. The molecule has 0 fully saturated rings.